The molecule has 18 heavy (non-hydrogen) atoms. The molecule has 0 spiro atoms. The molecule has 2 rings (SSSR count). The van der Waals surface area contributed by atoms with Crippen LogP contribution in [0.1, 0.15) is 5.56 Å². The van der Waals surface area contributed by atoms with Crippen LogP contribution in [0.4, 0.5) is 4.39 Å². The zero-order chi connectivity index (χ0) is 13.3. The average Bonchev–Trinajstić information content (AvgIpc) is 2.64. The zero-order valence-electron chi connectivity index (χ0n) is 9.12. The smallest absolute Gasteiger partial charge is 0.263 e. The van der Waals surface area contributed by atoms with E-state index in [1.165, 1.54) is 13.2 Å². The Kier molecular flexibility index (Phi) is 4.04. The molecular weight excluding hydrogens is 341 g/mol. The maximum Gasteiger partial charge on any atom is 0.263 e. The number of amides is 1. The van der Waals surface area contributed by atoms with E-state index in [1.807, 2.05) is 0 Å². The van der Waals surface area contributed by atoms with Crippen molar-refractivity contribution >= 4 is 56.2 Å². The second-order valence-electron chi connectivity index (χ2n) is 3.34. The standard InChI is InChI=1S/C11H7BrFNO2S2/c1-16-6-3-2-5(9(13)8(6)12)4-7-10(15)14-11(17)18-7/h2-4H,1H3,(H,14,15,17)/b7-4-. The molecule has 1 aromatic rings. The van der Waals surface area contributed by atoms with Gasteiger partial charge in [-0.2, -0.15) is 0 Å². The van der Waals surface area contributed by atoms with Crippen LogP contribution in [0.3, 0.4) is 0 Å². The first-order valence-corrected chi connectivity index (χ1v) is 6.81. The molecule has 0 radical (unpaired) electrons. The van der Waals surface area contributed by atoms with Gasteiger partial charge in [-0.25, -0.2) is 4.39 Å². The lowest BCUT2D eigenvalue weighted by molar-refractivity contribution is -0.115. The van der Waals surface area contributed by atoms with Crippen molar-refractivity contribution in [3.63, 3.8) is 0 Å². The van der Waals surface area contributed by atoms with Crippen LogP contribution in [0.25, 0.3) is 6.08 Å². The van der Waals surface area contributed by atoms with E-state index >= 15 is 0 Å². The van der Waals surface area contributed by atoms with Gasteiger partial charge >= 0.3 is 0 Å². The third-order valence-electron chi connectivity index (χ3n) is 2.23. The third-order valence-corrected chi connectivity index (χ3v) is 4.13. The first-order chi connectivity index (χ1) is 8.52. The number of rotatable bonds is 2. The van der Waals surface area contributed by atoms with Gasteiger partial charge in [0.25, 0.3) is 5.91 Å². The van der Waals surface area contributed by atoms with E-state index in [9.17, 15) is 9.18 Å². The highest BCUT2D eigenvalue weighted by Crippen LogP contribution is 2.32. The van der Waals surface area contributed by atoms with Crippen molar-refractivity contribution in [2.24, 2.45) is 0 Å². The zero-order valence-corrected chi connectivity index (χ0v) is 12.3. The van der Waals surface area contributed by atoms with E-state index in [-0.39, 0.29) is 10.4 Å². The number of carbonyl (C=O) groups excluding carboxylic acids is 1. The van der Waals surface area contributed by atoms with Crippen molar-refractivity contribution in [1.82, 2.24) is 5.32 Å². The van der Waals surface area contributed by atoms with E-state index in [1.54, 1.807) is 12.1 Å². The highest BCUT2D eigenvalue weighted by atomic mass is 79.9. The number of nitrogens with one attached hydrogen (secondary N) is 1. The molecule has 3 nitrogen and oxygen atoms in total. The summed E-state index contributed by atoms with van der Waals surface area (Å²) in [6, 6.07) is 3.16. The van der Waals surface area contributed by atoms with Crippen molar-refractivity contribution in [3.05, 3.63) is 32.9 Å². The number of thiocarbonyl (C=S) groups is 1. The normalized spacial score (nSPS) is 17.2. The Balaban J connectivity index is 2.41. The minimum atomic E-state index is -0.479. The highest BCUT2D eigenvalue weighted by molar-refractivity contribution is 9.10. The molecule has 0 saturated carbocycles. The number of methoxy groups -OCH3 is 1. The fourth-order valence-corrected chi connectivity index (χ4v) is 2.94. The minimum Gasteiger partial charge on any atom is -0.495 e. The molecule has 1 heterocycles. The Morgan fingerprint density at radius 1 is 1.56 bits per heavy atom. The molecule has 1 amide bonds. The van der Waals surface area contributed by atoms with Crippen LogP contribution in [0, 0.1) is 5.82 Å². The van der Waals surface area contributed by atoms with Gasteiger partial charge in [-0.1, -0.05) is 24.0 Å². The SMILES string of the molecule is COc1ccc(/C=C2\SC(=S)NC2=O)c(F)c1Br. The number of halogens is 2. The molecule has 94 valence electrons. The van der Waals surface area contributed by atoms with E-state index in [2.05, 4.69) is 21.2 Å². The van der Waals surface area contributed by atoms with Crippen LogP contribution in [0.2, 0.25) is 0 Å². The first kappa shape index (κ1) is 13.5. The van der Waals surface area contributed by atoms with E-state index in [4.69, 9.17) is 17.0 Å². The van der Waals surface area contributed by atoms with E-state index in [0.717, 1.165) is 11.8 Å². The molecule has 1 saturated heterocycles. The summed E-state index contributed by atoms with van der Waals surface area (Å²) in [4.78, 5) is 11.8. The van der Waals surface area contributed by atoms with Gasteiger partial charge in [0, 0.05) is 5.56 Å². The summed E-state index contributed by atoms with van der Waals surface area (Å²) in [5.74, 6) is -0.391. The van der Waals surface area contributed by atoms with Crippen LogP contribution >= 0.6 is 39.9 Å². The van der Waals surface area contributed by atoms with Gasteiger partial charge in [0.15, 0.2) is 0 Å². The minimum absolute atomic E-state index is 0.227. The highest BCUT2D eigenvalue weighted by Gasteiger charge is 2.23. The van der Waals surface area contributed by atoms with Gasteiger partial charge in [0.05, 0.1) is 16.5 Å². The molecule has 7 heteroatoms. The topological polar surface area (TPSA) is 38.3 Å². The maximum absolute atomic E-state index is 14.0. The van der Waals surface area contributed by atoms with Gasteiger partial charge in [0.2, 0.25) is 0 Å². The lowest BCUT2D eigenvalue weighted by Crippen LogP contribution is -2.17. The lowest BCUT2D eigenvalue weighted by Gasteiger charge is -2.06. The molecular formula is C11H7BrFNO2S2. The third kappa shape index (κ3) is 2.57. The molecule has 0 bridgehead atoms. The Morgan fingerprint density at radius 3 is 2.83 bits per heavy atom. The Hall–Kier alpha value is -0.920. The van der Waals surface area contributed by atoms with Crippen molar-refractivity contribution < 1.29 is 13.9 Å². The Morgan fingerprint density at radius 2 is 2.28 bits per heavy atom. The molecule has 0 atom stereocenters. The molecule has 0 unspecified atom stereocenters. The summed E-state index contributed by atoms with van der Waals surface area (Å²) >= 11 is 9.07. The fraction of sp³-hybridized carbons (Fsp3) is 0.0909. The molecule has 0 aliphatic carbocycles. The van der Waals surface area contributed by atoms with E-state index in [0.29, 0.717) is 20.5 Å². The summed E-state index contributed by atoms with van der Waals surface area (Å²) in [5, 5.41) is 2.47. The molecule has 1 fully saturated rings. The second-order valence-corrected chi connectivity index (χ2v) is 5.85. The summed E-state index contributed by atoms with van der Waals surface area (Å²) in [5.41, 5.74) is 0.296. The summed E-state index contributed by atoms with van der Waals surface area (Å²) in [6.45, 7) is 0. The van der Waals surface area contributed by atoms with Crippen LogP contribution in [-0.2, 0) is 4.79 Å². The number of hydrogen-bond donors (Lipinski definition) is 1. The quantitative estimate of drug-likeness (QED) is 0.659. The predicted molar refractivity (Wildman–Crippen MR) is 77.0 cm³/mol. The van der Waals surface area contributed by atoms with Gasteiger partial charge < -0.3 is 10.1 Å². The Bertz CT molecular complexity index is 574. The summed E-state index contributed by atoms with van der Waals surface area (Å²) in [7, 11) is 1.45. The fourth-order valence-electron chi connectivity index (χ4n) is 1.38. The predicted octanol–water partition coefficient (Wildman–Crippen LogP) is 3.09. The summed E-state index contributed by atoms with van der Waals surface area (Å²) in [6.07, 6.45) is 1.46. The molecule has 1 N–H and O–H groups in total. The van der Waals surface area contributed by atoms with Crippen molar-refractivity contribution in [2.45, 2.75) is 0 Å². The molecule has 0 aromatic heterocycles. The van der Waals surface area contributed by atoms with Crippen LogP contribution in [0.5, 0.6) is 5.75 Å². The number of carbonyl (C=O) groups is 1. The molecule has 1 aliphatic rings. The maximum atomic E-state index is 14.0. The molecule has 1 aliphatic heterocycles. The van der Waals surface area contributed by atoms with E-state index < -0.39 is 5.82 Å². The number of thioether (sulfide) groups is 1. The Labute approximate surface area is 121 Å². The summed E-state index contributed by atoms with van der Waals surface area (Å²) < 4.78 is 19.6. The average molecular weight is 348 g/mol. The van der Waals surface area contributed by atoms with Gasteiger partial charge in [-0.05, 0) is 34.1 Å². The van der Waals surface area contributed by atoms with Crippen LogP contribution in [0.15, 0.2) is 21.5 Å². The largest absolute Gasteiger partial charge is 0.495 e. The van der Waals surface area contributed by atoms with Crippen molar-refractivity contribution in [1.29, 1.82) is 0 Å². The van der Waals surface area contributed by atoms with Crippen molar-refractivity contribution in [2.75, 3.05) is 7.11 Å². The van der Waals surface area contributed by atoms with Gasteiger partial charge in [-0.15, -0.1) is 0 Å². The monoisotopic (exact) mass is 347 g/mol. The number of ether oxygens (including phenoxy) is 1. The lowest BCUT2D eigenvalue weighted by atomic mass is 10.2. The number of hydrogen-bond acceptors (Lipinski definition) is 4. The van der Waals surface area contributed by atoms with Crippen LogP contribution < -0.4 is 10.1 Å². The van der Waals surface area contributed by atoms with Gasteiger partial charge in [0.1, 0.15) is 15.9 Å². The molecule has 1 aromatic carbocycles. The number of benzene rings is 1. The van der Waals surface area contributed by atoms with Crippen LogP contribution in [-0.4, -0.2) is 17.3 Å². The van der Waals surface area contributed by atoms with Gasteiger partial charge in [-0.3, -0.25) is 4.79 Å². The second kappa shape index (κ2) is 5.38. The first-order valence-electron chi connectivity index (χ1n) is 4.79. The van der Waals surface area contributed by atoms with Crippen molar-refractivity contribution in [3.8, 4) is 5.75 Å².